The fraction of sp³-hybridized carbons (Fsp3) is 0.800. The predicted molar refractivity (Wildman–Crippen MR) is 75.8 cm³/mol. The SMILES string of the molecule is OCc1csc(CNC23CC4CC(CC(C4)C2)C3)n1. The van der Waals surface area contributed by atoms with E-state index in [-0.39, 0.29) is 6.61 Å². The minimum atomic E-state index is 0.0634. The van der Waals surface area contributed by atoms with Crippen LogP contribution in [0.25, 0.3) is 0 Å². The van der Waals surface area contributed by atoms with Crippen LogP contribution in [0.1, 0.15) is 49.2 Å². The maximum atomic E-state index is 9.07. The van der Waals surface area contributed by atoms with Crippen molar-refractivity contribution in [3.05, 3.63) is 16.1 Å². The second-order valence-electron chi connectivity index (χ2n) is 6.94. The topological polar surface area (TPSA) is 45.1 Å². The summed E-state index contributed by atoms with van der Waals surface area (Å²) in [5.74, 6) is 2.97. The standard InChI is InChI=1S/C15H22N2OS/c18-8-13-9-19-14(17-13)7-16-15-4-10-1-11(5-15)3-12(2-10)6-15/h9-12,16,18H,1-8H2. The van der Waals surface area contributed by atoms with Crippen LogP contribution in [0.2, 0.25) is 0 Å². The second-order valence-corrected chi connectivity index (χ2v) is 7.88. The van der Waals surface area contributed by atoms with E-state index in [0.29, 0.717) is 5.54 Å². The van der Waals surface area contributed by atoms with E-state index in [4.69, 9.17) is 5.11 Å². The summed E-state index contributed by atoms with van der Waals surface area (Å²) in [6.45, 7) is 0.949. The van der Waals surface area contributed by atoms with Crippen LogP contribution in [-0.2, 0) is 13.2 Å². The highest BCUT2D eigenvalue weighted by molar-refractivity contribution is 7.09. The molecule has 0 unspecified atom stereocenters. The molecular weight excluding hydrogens is 256 g/mol. The normalized spacial score (nSPS) is 39.9. The Balaban J connectivity index is 1.44. The van der Waals surface area contributed by atoms with E-state index in [1.54, 1.807) is 11.3 Å². The van der Waals surface area contributed by atoms with Crippen molar-refractivity contribution in [3.8, 4) is 0 Å². The van der Waals surface area contributed by atoms with Crippen LogP contribution in [0.4, 0.5) is 0 Å². The lowest BCUT2D eigenvalue weighted by molar-refractivity contribution is -0.0206. The fourth-order valence-corrected chi connectivity index (χ4v) is 5.82. The summed E-state index contributed by atoms with van der Waals surface area (Å²) in [6.07, 6.45) is 8.64. The van der Waals surface area contributed by atoms with Crippen molar-refractivity contribution in [1.82, 2.24) is 10.3 Å². The van der Waals surface area contributed by atoms with Gasteiger partial charge < -0.3 is 10.4 Å². The van der Waals surface area contributed by atoms with Gasteiger partial charge >= 0.3 is 0 Å². The number of thiazole rings is 1. The first-order valence-corrected chi connectivity index (χ1v) is 8.42. The van der Waals surface area contributed by atoms with Gasteiger partial charge in [0.25, 0.3) is 0 Å². The van der Waals surface area contributed by atoms with Gasteiger partial charge in [-0.05, 0) is 56.3 Å². The average molecular weight is 278 g/mol. The van der Waals surface area contributed by atoms with Gasteiger partial charge in [-0.1, -0.05) is 0 Å². The van der Waals surface area contributed by atoms with E-state index < -0.39 is 0 Å². The van der Waals surface area contributed by atoms with Gasteiger partial charge in [0.05, 0.1) is 12.3 Å². The minimum Gasteiger partial charge on any atom is -0.390 e. The minimum absolute atomic E-state index is 0.0634. The number of hydrogen-bond donors (Lipinski definition) is 2. The van der Waals surface area contributed by atoms with Crippen molar-refractivity contribution in [2.24, 2.45) is 17.8 Å². The summed E-state index contributed by atoms with van der Waals surface area (Å²) >= 11 is 1.67. The summed E-state index contributed by atoms with van der Waals surface area (Å²) in [4.78, 5) is 4.45. The van der Waals surface area contributed by atoms with Crippen LogP contribution < -0.4 is 5.32 Å². The van der Waals surface area contributed by atoms with Crippen LogP contribution in [0.3, 0.4) is 0 Å². The van der Waals surface area contributed by atoms with Crippen LogP contribution >= 0.6 is 11.3 Å². The maximum Gasteiger partial charge on any atom is 0.107 e. The number of nitrogens with zero attached hydrogens (tertiary/aromatic N) is 1. The van der Waals surface area contributed by atoms with Crippen LogP contribution in [-0.4, -0.2) is 15.6 Å². The molecule has 0 saturated heterocycles. The van der Waals surface area contributed by atoms with Crippen LogP contribution in [0.15, 0.2) is 5.38 Å². The zero-order valence-electron chi connectivity index (χ0n) is 11.3. The molecule has 104 valence electrons. The Morgan fingerprint density at radius 3 is 2.37 bits per heavy atom. The predicted octanol–water partition coefficient (Wildman–Crippen LogP) is 2.69. The Labute approximate surface area is 118 Å². The molecule has 0 atom stereocenters. The Bertz CT molecular complexity index is 435. The number of aromatic nitrogens is 1. The van der Waals surface area contributed by atoms with Crippen molar-refractivity contribution in [1.29, 1.82) is 0 Å². The fourth-order valence-electron chi connectivity index (χ4n) is 5.09. The molecule has 19 heavy (non-hydrogen) atoms. The van der Waals surface area contributed by atoms with Crippen LogP contribution in [0.5, 0.6) is 0 Å². The van der Waals surface area contributed by atoms with E-state index in [1.807, 2.05) is 5.38 Å². The van der Waals surface area contributed by atoms with Crippen molar-refractivity contribution in [2.75, 3.05) is 0 Å². The van der Waals surface area contributed by atoms with E-state index >= 15 is 0 Å². The van der Waals surface area contributed by atoms with Gasteiger partial charge in [-0.25, -0.2) is 4.98 Å². The molecule has 5 rings (SSSR count). The molecule has 4 aliphatic rings. The molecule has 0 spiro atoms. The Morgan fingerprint density at radius 2 is 1.84 bits per heavy atom. The molecule has 0 amide bonds. The maximum absolute atomic E-state index is 9.07. The number of rotatable bonds is 4. The smallest absolute Gasteiger partial charge is 0.107 e. The summed E-state index contributed by atoms with van der Waals surface area (Å²) in [5, 5.41) is 16.0. The summed E-state index contributed by atoms with van der Waals surface area (Å²) in [7, 11) is 0. The highest BCUT2D eigenvalue weighted by atomic mass is 32.1. The molecular formula is C15H22N2OS. The molecule has 1 aromatic rings. The lowest BCUT2D eigenvalue weighted by atomic mass is 9.53. The van der Waals surface area contributed by atoms with Gasteiger partial charge in [0.1, 0.15) is 5.01 Å². The molecule has 4 heteroatoms. The average Bonchev–Trinajstić information content (AvgIpc) is 2.83. The van der Waals surface area contributed by atoms with E-state index in [9.17, 15) is 0 Å². The largest absolute Gasteiger partial charge is 0.390 e. The lowest BCUT2D eigenvalue weighted by Crippen LogP contribution is -2.58. The highest BCUT2D eigenvalue weighted by Gasteiger charge is 2.50. The summed E-state index contributed by atoms with van der Waals surface area (Å²) in [6, 6.07) is 0. The van der Waals surface area contributed by atoms with Crippen molar-refractivity contribution in [3.63, 3.8) is 0 Å². The van der Waals surface area contributed by atoms with Gasteiger partial charge in [0.15, 0.2) is 0 Å². The monoisotopic (exact) mass is 278 g/mol. The molecule has 4 fully saturated rings. The molecule has 1 aromatic heterocycles. The molecule has 0 radical (unpaired) electrons. The molecule has 4 saturated carbocycles. The van der Waals surface area contributed by atoms with E-state index in [0.717, 1.165) is 35.0 Å². The Kier molecular flexibility index (Phi) is 2.94. The van der Waals surface area contributed by atoms with Crippen molar-refractivity contribution >= 4 is 11.3 Å². The zero-order valence-corrected chi connectivity index (χ0v) is 12.1. The Hall–Kier alpha value is -0.450. The molecule has 3 nitrogen and oxygen atoms in total. The molecule has 4 aliphatic carbocycles. The molecule has 0 aliphatic heterocycles. The van der Waals surface area contributed by atoms with E-state index in [2.05, 4.69) is 10.3 Å². The third kappa shape index (κ3) is 2.24. The first kappa shape index (κ1) is 12.3. The summed E-state index contributed by atoms with van der Waals surface area (Å²) in [5.41, 5.74) is 1.23. The zero-order chi connectivity index (χ0) is 12.9. The van der Waals surface area contributed by atoms with Gasteiger partial charge in [0, 0.05) is 17.5 Å². The Morgan fingerprint density at radius 1 is 1.21 bits per heavy atom. The highest BCUT2D eigenvalue weighted by Crippen LogP contribution is 2.55. The second kappa shape index (κ2) is 4.54. The van der Waals surface area contributed by atoms with E-state index in [1.165, 1.54) is 38.5 Å². The first-order valence-electron chi connectivity index (χ1n) is 7.54. The lowest BCUT2D eigenvalue weighted by Gasteiger charge is -2.57. The van der Waals surface area contributed by atoms with Crippen molar-refractivity contribution < 1.29 is 5.11 Å². The van der Waals surface area contributed by atoms with Gasteiger partial charge in [-0.15, -0.1) is 11.3 Å². The van der Waals surface area contributed by atoms with Crippen LogP contribution in [0, 0.1) is 17.8 Å². The summed E-state index contributed by atoms with van der Waals surface area (Å²) < 4.78 is 0. The number of aliphatic hydroxyl groups excluding tert-OH is 1. The third-order valence-electron chi connectivity index (χ3n) is 5.41. The van der Waals surface area contributed by atoms with Crippen molar-refractivity contribution in [2.45, 2.75) is 57.2 Å². The quantitative estimate of drug-likeness (QED) is 0.890. The first-order chi connectivity index (χ1) is 9.25. The molecule has 2 N–H and O–H groups in total. The number of hydrogen-bond acceptors (Lipinski definition) is 4. The third-order valence-corrected chi connectivity index (χ3v) is 6.31. The molecule has 4 bridgehead atoms. The molecule has 0 aromatic carbocycles. The number of nitrogens with one attached hydrogen (secondary N) is 1. The van der Waals surface area contributed by atoms with Gasteiger partial charge in [-0.2, -0.15) is 0 Å². The van der Waals surface area contributed by atoms with Gasteiger partial charge in [-0.3, -0.25) is 0 Å². The molecule has 1 heterocycles. The van der Waals surface area contributed by atoms with Gasteiger partial charge in [0.2, 0.25) is 0 Å². The number of aliphatic hydroxyl groups is 1.